The number of carbonyl (C=O) groups is 3. The Hall–Kier alpha value is -2.91. The number of thiophene rings is 1. The summed E-state index contributed by atoms with van der Waals surface area (Å²) in [6.45, 7) is 5.45. The van der Waals surface area contributed by atoms with E-state index in [1.54, 1.807) is 20.1 Å². The Labute approximate surface area is 191 Å². The number of likely N-dealkylation sites (tertiary alicyclic amines) is 1. The molecule has 3 rings (SSSR count). The van der Waals surface area contributed by atoms with Crippen LogP contribution in [0.5, 0.6) is 5.75 Å². The van der Waals surface area contributed by atoms with E-state index in [0.717, 1.165) is 5.56 Å². The minimum absolute atomic E-state index is 0.0286. The number of piperidine rings is 1. The molecule has 0 aliphatic carbocycles. The Morgan fingerprint density at radius 2 is 1.88 bits per heavy atom. The van der Waals surface area contributed by atoms with Crippen LogP contribution in [0.4, 0.5) is 10.7 Å². The van der Waals surface area contributed by atoms with E-state index in [-0.39, 0.29) is 30.2 Å². The molecule has 1 aliphatic heterocycles. The van der Waals surface area contributed by atoms with E-state index in [2.05, 4.69) is 10.6 Å². The summed E-state index contributed by atoms with van der Waals surface area (Å²) in [7, 11) is 1.57. The summed E-state index contributed by atoms with van der Waals surface area (Å²) in [6, 6.07) is 9.11. The zero-order valence-electron chi connectivity index (χ0n) is 18.6. The molecule has 1 aromatic heterocycles. The van der Waals surface area contributed by atoms with E-state index in [0.29, 0.717) is 53.9 Å². The number of hydrogen-bond donors (Lipinski definition) is 2. The molecule has 2 amide bonds. The zero-order valence-corrected chi connectivity index (χ0v) is 19.4. The SMILES string of the molecule is CCOC(=O)c1sc(NC(=O)CN2CCC(C(=O)Nc3ccccc3OC)CC2)cc1C. The third-order valence-corrected chi connectivity index (χ3v) is 6.46. The Bertz CT molecular complexity index is 966. The molecule has 0 atom stereocenters. The second-order valence-corrected chi connectivity index (χ2v) is 8.68. The third kappa shape index (κ3) is 6.08. The van der Waals surface area contributed by atoms with E-state index < -0.39 is 0 Å². The van der Waals surface area contributed by atoms with Gasteiger partial charge in [-0.3, -0.25) is 14.5 Å². The number of nitrogens with one attached hydrogen (secondary N) is 2. The van der Waals surface area contributed by atoms with Gasteiger partial charge in [-0.2, -0.15) is 0 Å². The van der Waals surface area contributed by atoms with Gasteiger partial charge in [0.05, 0.1) is 30.9 Å². The Balaban J connectivity index is 1.46. The van der Waals surface area contributed by atoms with Crippen LogP contribution in [-0.4, -0.2) is 56.0 Å². The van der Waals surface area contributed by atoms with Crippen LogP contribution in [0.1, 0.15) is 35.0 Å². The van der Waals surface area contributed by atoms with Gasteiger partial charge in [0.2, 0.25) is 11.8 Å². The lowest BCUT2D eigenvalue weighted by Gasteiger charge is -2.30. The van der Waals surface area contributed by atoms with Gasteiger partial charge in [0, 0.05) is 5.92 Å². The number of rotatable bonds is 8. The number of amides is 2. The first-order valence-electron chi connectivity index (χ1n) is 10.6. The molecule has 0 unspecified atom stereocenters. The van der Waals surface area contributed by atoms with Crippen molar-refractivity contribution in [3.63, 3.8) is 0 Å². The predicted molar refractivity (Wildman–Crippen MR) is 124 cm³/mol. The van der Waals surface area contributed by atoms with E-state index >= 15 is 0 Å². The first kappa shape index (κ1) is 23.7. The second kappa shape index (κ2) is 11.1. The number of esters is 1. The van der Waals surface area contributed by atoms with Gasteiger partial charge in [-0.1, -0.05) is 12.1 Å². The number of aryl methyl sites for hydroxylation is 1. The van der Waals surface area contributed by atoms with E-state index in [4.69, 9.17) is 9.47 Å². The van der Waals surface area contributed by atoms with Gasteiger partial charge in [-0.25, -0.2) is 4.79 Å². The second-order valence-electron chi connectivity index (χ2n) is 7.63. The normalized spacial score (nSPS) is 14.6. The third-order valence-electron chi connectivity index (χ3n) is 5.33. The van der Waals surface area contributed by atoms with Crippen LogP contribution in [0.3, 0.4) is 0 Å². The van der Waals surface area contributed by atoms with Crippen molar-refractivity contribution in [1.29, 1.82) is 0 Å². The van der Waals surface area contributed by atoms with Crippen molar-refractivity contribution in [3.05, 3.63) is 40.8 Å². The molecular weight excluding hydrogens is 430 g/mol. The molecule has 0 spiro atoms. The number of carbonyl (C=O) groups excluding carboxylic acids is 3. The largest absolute Gasteiger partial charge is 0.495 e. The Kier molecular flexibility index (Phi) is 8.24. The lowest BCUT2D eigenvalue weighted by molar-refractivity contribution is -0.121. The van der Waals surface area contributed by atoms with Gasteiger partial charge < -0.3 is 20.1 Å². The topological polar surface area (TPSA) is 97.0 Å². The van der Waals surface area contributed by atoms with Gasteiger partial charge in [0.25, 0.3) is 0 Å². The van der Waals surface area contributed by atoms with Gasteiger partial charge in [0.1, 0.15) is 10.6 Å². The van der Waals surface area contributed by atoms with E-state index in [1.807, 2.05) is 36.1 Å². The molecule has 32 heavy (non-hydrogen) atoms. The van der Waals surface area contributed by atoms with Gasteiger partial charge >= 0.3 is 5.97 Å². The van der Waals surface area contributed by atoms with Crippen molar-refractivity contribution in [1.82, 2.24) is 4.90 Å². The number of benzene rings is 1. The maximum absolute atomic E-state index is 12.6. The van der Waals surface area contributed by atoms with Crippen molar-refractivity contribution in [2.75, 3.05) is 44.0 Å². The Morgan fingerprint density at radius 3 is 2.56 bits per heavy atom. The van der Waals surface area contributed by atoms with E-state index in [1.165, 1.54) is 11.3 Å². The van der Waals surface area contributed by atoms with Crippen LogP contribution < -0.4 is 15.4 Å². The van der Waals surface area contributed by atoms with Crippen LogP contribution in [0.15, 0.2) is 30.3 Å². The fourth-order valence-corrected chi connectivity index (χ4v) is 4.64. The monoisotopic (exact) mass is 459 g/mol. The minimum Gasteiger partial charge on any atom is -0.495 e. The molecule has 2 aromatic rings. The molecule has 2 heterocycles. The summed E-state index contributed by atoms with van der Waals surface area (Å²) in [5.74, 6) is -0.0158. The molecule has 1 aromatic carbocycles. The summed E-state index contributed by atoms with van der Waals surface area (Å²) in [5.41, 5.74) is 1.45. The van der Waals surface area contributed by atoms with Crippen molar-refractivity contribution in [2.24, 2.45) is 5.92 Å². The fourth-order valence-electron chi connectivity index (χ4n) is 3.66. The molecular formula is C23H29N3O5S. The number of hydrogen-bond acceptors (Lipinski definition) is 7. The molecule has 8 nitrogen and oxygen atoms in total. The van der Waals surface area contributed by atoms with Crippen molar-refractivity contribution >= 4 is 39.8 Å². The van der Waals surface area contributed by atoms with Gasteiger partial charge in [0.15, 0.2) is 0 Å². The lowest BCUT2D eigenvalue weighted by atomic mass is 9.95. The average Bonchev–Trinajstić information content (AvgIpc) is 3.14. The predicted octanol–water partition coefficient (Wildman–Crippen LogP) is 3.53. The smallest absolute Gasteiger partial charge is 0.348 e. The van der Waals surface area contributed by atoms with Crippen LogP contribution in [0.2, 0.25) is 0 Å². The molecule has 9 heteroatoms. The van der Waals surface area contributed by atoms with Gasteiger partial charge in [-0.15, -0.1) is 11.3 Å². The van der Waals surface area contributed by atoms with E-state index in [9.17, 15) is 14.4 Å². The fraction of sp³-hybridized carbons (Fsp3) is 0.435. The summed E-state index contributed by atoms with van der Waals surface area (Å²) < 4.78 is 10.3. The number of para-hydroxylation sites is 2. The van der Waals surface area contributed by atoms with Gasteiger partial charge in [-0.05, 0) is 63.5 Å². The molecule has 172 valence electrons. The molecule has 1 saturated heterocycles. The highest BCUT2D eigenvalue weighted by Gasteiger charge is 2.26. The molecule has 0 radical (unpaired) electrons. The lowest BCUT2D eigenvalue weighted by Crippen LogP contribution is -2.41. The highest BCUT2D eigenvalue weighted by Crippen LogP contribution is 2.28. The zero-order chi connectivity index (χ0) is 23.1. The van der Waals surface area contributed by atoms with Crippen LogP contribution >= 0.6 is 11.3 Å². The number of nitrogens with zero attached hydrogens (tertiary/aromatic N) is 1. The minimum atomic E-state index is -0.371. The average molecular weight is 460 g/mol. The van der Waals surface area contributed by atoms with Crippen molar-refractivity contribution in [3.8, 4) is 5.75 Å². The highest BCUT2D eigenvalue weighted by atomic mass is 32.1. The molecule has 1 fully saturated rings. The molecule has 2 N–H and O–H groups in total. The number of methoxy groups -OCH3 is 1. The first-order chi connectivity index (χ1) is 15.4. The van der Waals surface area contributed by atoms with Crippen LogP contribution in [-0.2, 0) is 14.3 Å². The summed E-state index contributed by atoms with van der Waals surface area (Å²) in [4.78, 5) is 39.6. The van der Waals surface area contributed by atoms with Crippen LogP contribution in [0, 0.1) is 12.8 Å². The first-order valence-corrected chi connectivity index (χ1v) is 11.5. The molecule has 1 aliphatic rings. The van der Waals surface area contributed by atoms with Crippen LogP contribution in [0.25, 0.3) is 0 Å². The maximum atomic E-state index is 12.6. The maximum Gasteiger partial charge on any atom is 0.348 e. The van der Waals surface area contributed by atoms with Crippen molar-refractivity contribution < 1.29 is 23.9 Å². The number of anilines is 2. The van der Waals surface area contributed by atoms with Crippen molar-refractivity contribution in [2.45, 2.75) is 26.7 Å². The summed E-state index contributed by atoms with van der Waals surface area (Å²) in [5, 5.41) is 6.44. The highest BCUT2D eigenvalue weighted by molar-refractivity contribution is 7.18. The quantitative estimate of drug-likeness (QED) is 0.586. The summed E-state index contributed by atoms with van der Waals surface area (Å²) in [6.07, 6.45) is 1.36. The standard InChI is InChI=1S/C23H29N3O5S/c1-4-31-23(29)21-15(2)13-20(32-21)25-19(27)14-26-11-9-16(10-12-26)22(28)24-17-7-5-6-8-18(17)30-3/h5-8,13,16H,4,9-12,14H2,1-3H3,(H,24,28)(H,25,27). The molecule has 0 bridgehead atoms. The Morgan fingerprint density at radius 1 is 1.16 bits per heavy atom. The summed E-state index contributed by atoms with van der Waals surface area (Å²) >= 11 is 1.22. The molecule has 0 saturated carbocycles. The number of ether oxygens (including phenoxy) is 2.